The van der Waals surface area contributed by atoms with Crippen LogP contribution in [0.2, 0.25) is 0 Å². The Balaban J connectivity index is 0.000000640. The van der Waals surface area contributed by atoms with Gasteiger partial charge in [0.15, 0.2) is 5.16 Å². The molecule has 5 heteroatoms. The molecule has 0 spiro atoms. The van der Waals surface area contributed by atoms with Gasteiger partial charge in [0, 0.05) is 64.4 Å². The van der Waals surface area contributed by atoms with Crippen molar-refractivity contribution >= 4 is 83.4 Å². The molecule has 1 rings (SSSR count). The first-order chi connectivity index (χ1) is 3.79. The fourth-order valence-electron chi connectivity index (χ4n) is 0.339. The Labute approximate surface area is 113 Å². The van der Waals surface area contributed by atoms with Crippen molar-refractivity contribution in [2.24, 2.45) is 0 Å². The molecule has 0 bridgehead atoms. The molecule has 0 saturated carbocycles. The molecule has 1 radical (unpaired) electrons. The van der Waals surface area contributed by atoms with Crippen LogP contribution in [0, 0.1) is 0 Å². The fraction of sp³-hybridized carbons (Fsp3) is 0. The van der Waals surface area contributed by atoms with Crippen molar-refractivity contribution in [1.29, 1.82) is 0 Å². The first-order valence-corrected chi connectivity index (χ1v) is 2.89. The van der Waals surface area contributed by atoms with E-state index in [4.69, 9.17) is 0 Å². The van der Waals surface area contributed by atoms with Gasteiger partial charge in [0.05, 0.1) is 5.03 Å². The summed E-state index contributed by atoms with van der Waals surface area (Å²) in [5.74, 6) is 0. The van der Waals surface area contributed by atoms with Crippen molar-refractivity contribution in [3.8, 4) is 0 Å². The van der Waals surface area contributed by atoms with E-state index in [1.807, 2.05) is 0 Å². The Morgan fingerprint density at radius 1 is 1.33 bits per heavy atom. The third-order valence-corrected chi connectivity index (χ3v) is 1.09. The average Bonchev–Trinajstić information content (AvgIpc) is 1.64. The number of nitrogens with zero attached hydrogens (tertiary/aromatic N) is 2. The van der Waals surface area contributed by atoms with Gasteiger partial charge in [0.2, 0.25) is 0 Å². The maximum Gasteiger partial charge on any atom is 0.185 e. The van der Waals surface area contributed by atoms with E-state index in [1.165, 1.54) is 0 Å². The molecule has 0 atom stereocenters. The van der Waals surface area contributed by atoms with E-state index in [-0.39, 0.29) is 58.2 Å². The van der Waals surface area contributed by atoms with Crippen LogP contribution in [0.3, 0.4) is 0 Å². The second-order valence-corrected chi connectivity index (χ2v) is 2.07. The number of hydrogen-bond acceptors (Lipinski definition) is 4. The van der Waals surface area contributed by atoms with Gasteiger partial charge in [-0.05, 0) is 6.07 Å². The number of thiol groups is 2. The molecule has 2 nitrogen and oxygen atoms in total. The van der Waals surface area contributed by atoms with Gasteiger partial charge in [-0.15, -0.1) is 25.3 Å². The van der Waals surface area contributed by atoms with E-state index >= 15 is 0 Å². The van der Waals surface area contributed by atoms with E-state index in [9.17, 15) is 0 Å². The van der Waals surface area contributed by atoms with Gasteiger partial charge in [-0.1, -0.05) is 0 Å². The zero-order valence-corrected chi connectivity index (χ0v) is 11.6. The fourth-order valence-corrected chi connectivity index (χ4v) is 0.754. The Hall–Kier alpha value is 1.59. The third kappa shape index (κ3) is 4.11. The molecule has 0 unspecified atom stereocenters. The Morgan fingerprint density at radius 3 is 2.33 bits per heavy atom. The predicted molar refractivity (Wildman–Crippen MR) is 42.3 cm³/mol. The van der Waals surface area contributed by atoms with Gasteiger partial charge < -0.3 is 0 Å². The third-order valence-electron chi connectivity index (χ3n) is 0.628. The SMILES string of the molecule is Sc1ccnc(S)n1.[Rb]. The molecular formula is C4H4N2RbS2. The largest absolute Gasteiger partial charge is 0.231 e. The molecule has 1 aromatic rings. The predicted octanol–water partition coefficient (Wildman–Crippen LogP) is 0.673. The van der Waals surface area contributed by atoms with E-state index in [2.05, 4.69) is 35.2 Å². The van der Waals surface area contributed by atoms with Crippen LogP contribution < -0.4 is 0 Å². The van der Waals surface area contributed by atoms with Crippen molar-refractivity contribution in [2.75, 3.05) is 0 Å². The minimum absolute atomic E-state index is 0. The van der Waals surface area contributed by atoms with Crippen molar-refractivity contribution in [3.63, 3.8) is 0 Å². The number of rotatable bonds is 0. The summed E-state index contributed by atoms with van der Waals surface area (Å²) in [6.07, 6.45) is 1.61. The maximum atomic E-state index is 3.95. The zero-order valence-electron chi connectivity index (χ0n) is 4.94. The van der Waals surface area contributed by atoms with Crippen molar-refractivity contribution in [3.05, 3.63) is 12.3 Å². The van der Waals surface area contributed by atoms with Crippen LogP contribution in [0.15, 0.2) is 22.4 Å². The first kappa shape index (κ1) is 10.6. The molecule has 43 valence electrons. The van der Waals surface area contributed by atoms with Crippen LogP contribution in [0.1, 0.15) is 0 Å². The Morgan fingerprint density at radius 2 is 2.00 bits per heavy atom. The Kier molecular flexibility index (Phi) is 6.19. The average molecular weight is 230 g/mol. The molecule has 0 saturated heterocycles. The molecular weight excluding hydrogens is 226 g/mol. The molecule has 0 N–H and O–H groups in total. The number of aromatic nitrogens is 2. The monoisotopic (exact) mass is 229 g/mol. The summed E-state index contributed by atoms with van der Waals surface area (Å²) >= 11 is 7.84. The molecule has 0 amide bonds. The standard InChI is InChI=1S/C4H4N2S2.Rb/c7-3-1-2-5-4(8)6-3;/h1-2H,(H2,5,6,7,8);. The molecule has 0 aliphatic carbocycles. The summed E-state index contributed by atoms with van der Waals surface area (Å²) in [5, 5.41) is 1.10. The zero-order chi connectivity index (χ0) is 5.98. The van der Waals surface area contributed by atoms with Gasteiger partial charge in [-0.3, -0.25) is 0 Å². The van der Waals surface area contributed by atoms with Crippen LogP contribution >= 0.6 is 25.3 Å². The van der Waals surface area contributed by atoms with Crippen LogP contribution in [-0.2, 0) is 0 Å². The summed E-state index contributed by atoms with van der Waals surface area (Å²) in [7, 11) is 0. The summed E-state index contributed by atoms with van der Waals surface area (Å²) < 4.78 is 0. The Bertz CT molecular complexity index is 176. The van der Waals surface area contributed by atoms with E-state index in [0.717, 1.165) is 0 Å². The van der Waals surface area contributed by atoms with Gasteiger partial charge in [0.25, 0.3) is 0 Å². The molecule has 1 heterocycles. The summed E-state index contributed by atoms with van der Waals surface area (Å²) in [6.45, 7) is 0. The van der Waals surface area contributed by atoms with E-state index in [0.29, 0.717) is 10.2 Å². The van der Waals surface area contributed by atoms with Crippen molar-refractivity contribution in [2.45, 2.75) is 10.2 Å². The summed E-state index contributed by atoms with van der Waals surface area (Å²) in [6, 6.07) is 1.70. The van der Waals surface area contributed by atoms with Crippen LogP contribution in [0.4, 0.5) is 0 Å². The summed E-state index contributed by atoms with van der Waals surface area (Å²) in [4.78, 5) is 7.54. The van der Waals surface area contributed by atoms with Gasteiger partial charge in [-0.2, -0.15) is 0 Å². The second kappa shape index (κ2) is 5.26. The second-order valence-electron chi connectivity index (χ2n) is 1.21. The quantitative estimate of drug-likeness (QED) is 0.389. The van der Waals surface area contributed by atoms with Gasteiger partial charge in [0.1, 0.15) is 0 Å². The normalized spacial score (nSPS) is 8.22. The van der Waals surface area contributed by atoms with Crippen molar-refractivity contribution < 1.29 is 0 Å². The molecule has 0 aliphatic heterocycles. The molecule has 0 fully saturated rings. The van der Waals surface area contributed by atoms with Gasteiger partial charge >= 0.3 is 0 Å². The van der Waals surface area contributed by atoms with Gasteiger partial charge in [-0.25, -0.2) is 9.97 Å². The van der Waals surface area contributed by atoms with E-state index in [1.54, 1.807) is 12.3 Å². The molecule has 0 aromatic carbocycles. The van der Waals surface area contributed by atoms with Crippen LogP contribution in [0.5, 0.6) is 0 Å². The molecule has 0 aliphatic rings. The smallest absolute Gasteiger partial charge is 0.185 e. The summed E-state index contributed by atoms with van der Waals surface area (Å²) in [5.41, 5.74) is 0. The van der Waals surface area contributed by atoms with Crippen LogP contribution in [-0.4, -0.2) is 68.2 Å². The molecule has 9 heavy (non-hydrogen) atoms. The molecule has 1 aromatic heterocycles. The maximum absolute atomic E-state index is 3.95. The topological polar surface area (TPSA) is 25.8 Å². The van der Waals surface area contributed by atoms with Crippen molar-refractivity contribution in [1.82, 2.24) is 9.97 Å². The number of hydrogen-bond donors (Lipinski definition) is 2. The van der Waals surface area contributed by atoms with Crippen LogP contribution in [0.25, 0.3) is 0 Å². The first-order valence-electron chi connectivity index (χ1n) is 2.00. The minimum Gasteiger partial charge on any atom is -0.231 e. The minimum atomic E-state index is 0. The van der Waals surface area contributed by atoms with E-state index < -0.39 is 0 Å².